The normalized spacial score (nSPS) is 30.5. The van der Waals surface area contributed by atoms with Crippen molar-refractivity contribution in [1.82, 2.24) is 20.9 Å². The third kappa shape index (κ3) is 2.92. The number of fused-ring (bicyclic) bond motifs is 1. The number of carbonyl (C=O) groups excluding carboxylic acids is 3. The van der Waals surface area contributed by atoms with E-state index in [0.29, 0.717) is 12.5 Å². The first-order valence-corrected chi connectivity index (χ1v) is 7.71. The molecule has 3 N–H and O–H groups in total. The summed E-state index contributed by atoms with van der Waals surface area (Å²) in [6.45, 7) is 2.28. The summed E-state index contributed by atoms with van der Waals surface area (Å²) in [4.78, 5) is 36.6. The molecule has 1 aliphatic carbocycles. The van der Waals surface area contributed by atoms with Crippen molar-refractivity contribution in [2.45, 2.75) is 25.7 Å². The van der Waals surface area contributed by atoms with Gasteiger partial charge in [0.15, 0.2) is 0 Å². The van der Waals surface area contributed by atoms with E-state index in [4.69, 9.17) is 0 Å². The maximum atomic E-state index is 12.6. The average Bonchev–Trinajstić information content (AvgIpc) is 3.05. The number of imide groups is 1. The summed E-state index contributed by atoms with van der Waals surface area (Å²) in [5, 5.41) is 8.74. The van der Waals surface area contributed by atoms with Gasteiger partial charge in [-0.3, -0.25) is 14.5 Å². The van der Waals surface area contributed by atoms with Crippen molar-refractivity contribution >= 4 is 30.3 Å². The SMILES string of the molecule is Cl.O=C1CNC(=O)N1CCNC(=O)[C@@]12CCCC[C@H]1CNC2. The number of amides is 4. The fourth-order valence-corrected chi connectivity index (χ4v) is 3.83. The minimum Gasteiger partial charge on any atom is -0.354 e. The molecule has 3 fully saturated rings. The van der Waals surface area contributed by atoms with Gasteiger partial charge in [-0.05, 0) is 25.3 Å². The summed E-state index contributed by atoms with van der Waals surface area (Å²) in [5.74, 6) is 0.262. The lowest BCUT2D eigenvalue weighted by Crippen LogP contribution is -2.49. The van der Waals surface area contributed by atoms with Crippen LogP contribution in [0.15, 0.2) is 0 Å². The number of nitrogens with one attached hydrogen (secondary N) is 3. The van der Waals surface area contributed by atoms with Crippen LogP contribution in [-0.4, -0.2) is 55.5 Å². The number of rotatable bonds is 4. The van der Waals surface area contributed by atoms with E-state index in [2.05, 4.69) is 16.0 Å². The molecule has 22 heavy (non-hydrogen) atoms. The van der Waals surface area contributed by atoms with Gasteiger partial charge in [0.05, 0.1) is 12.0 Å². The first-order chi connectivity index (χ1) is 10.1. The Kier molecular flexibility index (Phi) is 5.28. The maximum absolute atomic E-state index is 12.6. The van der Waals surface area contributed by atoms with E-state index in [9.17, 15) is 14.4 Å². The molecule has 2 atom stereocenters. The predicted octanol–water partition coefficient (Wildman–Crippen LogP) is -0.144. The third-order valence-electron chi connectivity index (χ3n) is 5.05. The first-order valence-electron chi connectivity index (χ1n) is 7.71. The van der Waals surface area contributed by atoms with Gasteiger partial charge < -0.3 is 16.0 Å². The van der Waals surface area contributed by atoms with E-state index in [1.54, 1.807) is 0 Å². The molecular formula is C14H23ClN4O3. The van der Waals surface area contributed by atoms with Crippen LogP contribution < -0.4 is 16.0 Å². The molecule has 3 rings (SSSR count). The van der Waals surface area contributed by atoms with Gasteiger partial charge in [-0.1, -0.05) is 12.8 Å². The quantitative estimate of drug-likeness (QED) is 0.626. The van der Waals surface area contributed by atoms with Crippen LogP contribution in [0.25, 0.3) is 0 Å². The van der Waals surface area contributed by atoms with Crippen LogP contribution >= 0.6 is 12.4 Å². The largest absolute Gasteiger partial charge is 0.354 e. The summed E-state index contributed by atoms with van der Waals surface area (Å²) < 4.78 is 0. The van der Waals surface area contributed by atoms with Crippen LogP contribution in [-0.2, 0) is 9.59 Å². The minimum atomic E-state index is -0.370. The van der Waals surface area contributed by atoms with Crippen molar-refractivity contribution in [3.8, 4) is 0 Å². The summed E-state index contributed by atoms with van der Waals surface area (Å²) >= 11 is 0. The van der Waals surface area contributed by atoms with E-state index < -0.39 is 0 Å². The average molecular weight is 331 g/mol. The third-order valence-corrected chi connectivity index (χ3v) is 5.05. The smallest absolute Gasteiger partial charge is 0.324 e. The topological polar surface area (TPSA) is 90.5 Å². The van der Waals surface area contributed by atoms with Crippen LogP contribution in [0.3, 0.4) is 0 Å². The Morgan fingerprint density at radius 1 is 1.36 bits per heavy atom. The van der Waals surface area contributed by atoms with Crippen LogP contribution in [0.5, 0.6) is 0 Å². The molecule has 1 saturated carbocycles. The van der Waals surface area contributed by atoms with Gasteiger partial charge in [0.2, 0.25) is 11.8 Å². The lowest BCUT2D eigenvalue weighted by molar-refractivity contribution is -0.134. The number of hydrogen-bond donors (Lipinski definition) is 3. The lowest BCUT2D eigenvalue weighted by atomic mass is 9.67. The lowest BCUT2D eigenvalue weighted by Gasteiger charge is -2.37. The Labute approximate surface area is 136 Å². The number of urea groups is 1. The molecule has 2 saturated heterocycles. The molecule has 2 heterocycles. The molecule has 0 aromatic carbocycles. The molecule has 0 unspecified atom stereocenters. The number of carbonyl (C=O) groups is 3. The van der Waals surface area contributed by atoms with Crippen LogP contribution in [0.4, 0.5) is 4.79 Å². The Morgan fingerprint density at radius 2 is 2.18 bits per heavy atom. The summed E-state index contributed by atoms with van der Waals surface area (Å²) in [7, 11) is 0. The van der Waals surface area contributed by atoms with Crippen LogP contribution in [0, 0.1) is 11.3 Å². The Balaban J connectivity index is 0.00000176. The fraction of sp³-hybridized carbons (Fsp3) is 0.786. The molecule has 3 aliphatic rings. The van der Waals surface area contributed by atoms with E-state index in [1.807, 2.05) is 0 Å². The van der Waals surface area contributed by atoms with Crippen LogP contribution in [0.1, 0.15) is 25.7 Å². The van der Waals surface area contributed by atoms with Crippen molar-refractivity contribution < 1.29 is 14.4 Å². The van der Waals surface area contributed by atoms with Gasteiger partial charge in [-0.15, -0.1) is 12.4 Å². The van der Waals surface area contributed by atoms with Crippen molar-refractivity contribution in [3.05, 3.63) is 0 Å². The molecule has 4 amide bonds. The van der Waals surface area contributed by atoms with Crippen molar-refractivity contribution in [1.29, 1.82) is 0 Å². The van der Waals surface area contributed by atoms with Crippen molar-refractivity contribution in [3.63, 3.8) is 0 Å². The van der Waals surface area contributed by atoms with Crippen LogP contribution in [0.2, 0.25) is 0 Å². The molecule has 0 radical (unpaired) electrons. The highest BCUT2D eigenvalue weighted by Crippen LogP contribution is 2.43. The monoisotopic (exact) mass is 330 g/mol. The summed E-state index contributed by atoms with van der Waals surface area (Å²) in [6.07, 6.45) is 4.33. The van der Waals surface area contributed by atoms with Gasteiger partial charge in [-0.25, -0.2) is 4.79 Å². The molecular weight excluding hydrogens is 308 g/mol. The van der Waals surface area contributed by atoms with E-state index in [1.165, 1.54) is 6.42 Å². The Hall–Kier alpha value is -1.34. The highest BCUT2D eigenvalue weighted by molar-refractivity contribution is 6.01. The van der Waals surface area contributed by atoms with E-state index >= 15 is 0 Å². The molecule has 0 aromatic rings. The molecule has 2 aliphatic heterocycles. The van der Waals surface area contributed by atoms with E-state index in [0.717, 1.165) is 37.3 Å². The second-order valence-corrected chi connectivity index (χ2v) is 6.19. The second-order valence-electron chi connectivity index (χ2n) is 6.19. The van der Waals surface area contributed by atoms with Crippen molar-refractivity contribution in [2.75, 3.05) is 32.7 Å². The van der Waals surface area contributed by atoms with E-state index in [-0.39, 0.29) is 48.8 Å². The second kappa shape index (κ2) is 6.83. The molecule has 7 nitrogen and oxygen atoms in total. The summed E-state index contributed by atoms with van der Waals surface area (Å²) in [6, 6.07) is -0.370. The fourth-order valence-electron chi connectivity index (χ4n) is 3.83. The standard InChI is InChI=1S/C14H22N4O3.ClH/c19-11-8-17-13(21)18(11)6-5-16-12(20)14-4-2-1-3-10(14)7-15-9-14;/h10,15H,1-9H2,(H,16,20)(H,17,21);1H/t10-,14+;/m0./s1. The van der Waals surface area contributed by atoms with Gasteiger partial charge in [-0.2, -0.15) is 0 Å². The Morgan fingerprint density at radius 3 is 2.91 bits per heavy atom. The molecule has 124 valence electrons. The first kappa shape index (κ1) is 17.0. The molecule has 0 bridgehead atoms. The zero-order valence-electron chi connectivity index (χ0n) is 12.5. The van der Waals surface area contributed by atoms with Crippen molar-refractivity contribution in [2.24, 2.45) is 11.3 Å². The number of nitrogens with zero attached hydrogens (tertiary/aromatic N) is 1. The zero-order chi connectivity index (χ0) is 14.9. The molecule has 0 aromatic heterocycles. The molecule has 8 heteroatoms. The number of halogens is 1. The Bertz CT molecular complexity index is 457. The van der Waals surface area contributed by atoms with Gasteiger partial charge >= 0.3 is 6.03 Å². The maximum Gasteiger partial charge on any atom is 0.324 e. The molecule has 0 spiro atoms. The zero-order valence-corrected chi connectivity index (χ0v) is 13.3. The number of hydrogen-bond acceptors (Lipinski definition) is 4. The summed E-state index contributed by atoms with van der Waals surface area (Å²) in [5.41, 5.74) is -0.282. The minimum absolute atomic E-state index is 0. The van der Waals surface area contributed by atoms with Gasteiger partial charge in [0.1, 0.15) is 0 Å². The predicted molar refractivity (Wildman–Crippen MR) is 82.6 cm³/mol. The highest BCUT2D eigenvalue weighted by Gasteiger charge is 2.49. The van der Waals surface area contributed by atoms with Gasteiger partial charge in [0.25, 0.3) is 0 Å². The van der Waals surface area contributed by atoms with Gasteiger partial charge in [0, 0.05) is 19.6 Å². The highest BCUT2D eigenvalue weighted by atomic mass is 35.5.